The lowest BCUT2D eigenvalue weighted by atomic mass is 10.2. The molecule has 0 aliphatic heterocycles. The number of aromatic nitrogens is 3. The van der Waals surface area contributed by atoms with Crippen LogP contribution in [0.25, 0.3) is 10.8 Å². The minimum atomic E-state index is -1.02. The fraction of sp³-hybridized carbons (Fsp3) is 0.143. The number of nitrogens with zero attached hydrogens (tertiary/aromatic N) is 3. The second-order valence-corrected chi connectivity index (χ2v) is 5.41. The SMILES string of the molecule is CC(Nc1nncc2ccccc12)c1nc(C(=O)O)cs1. The lowest BCUT2D eigenvalue weighted by Crippen LogP contribution is -2.09. The molecule has 0 aliphatic rings. The van der Waals surface area contributed by atoms with Gasteiger partial charge in [0.2, 0.25) is 0 Å². The summed E-state index contributed by atoms with van der Waals surface area (Å²) in [5, 5.41) is 24.4. The average molecular weight is 300 g/mol. The maximum absolute atomic E-state index is 10.9. The Balaban J connectivity index is 1.89. The second-order valence-electron chi connectivity index (χ2n) is 4.52. The summed E-state index contributed by atoms with van der Waals surface area (Å²) in [4.78, 5) is 15.0. The lowest BCUT2D eigenvalue weighted by molar-refractivity contribution is 0.0691. The molecule has 0 fully saturated rings. The summed E-state index contributed by atoms with van der Waals surface area (Å²) in [6, 6.07) is 7.65. The maximum Gasteiger partial charge on any atom is 0.355 e. The number of rotatable bonds is 4. The molecule has 6 nitrogen and oxygen atoms in total. The normalized spacial score (nSPS) is 12.2. The zero-order chi connectivity index (χ0) is 14.8. The van der Waals surface area contributed by atoms with E-state index in [4.69, 9.17) is 5.11 Å². The van der Waals surface area contributed by atoms with Gasteiger partial charge in [0, 0.05) is 16.2 Å². The average Bonchev–Trinajstić information content (AvgIpc) is 2.98. The number of hydrogen-bond acceptors (Lipinski definition) is 6. The third kappa shape index (κ3) is 2.68. The van der Waals surface area contributed by atoms with Crippen LogP contribution in [0, 0.1) is 0 Å². The molecule has 0 radical (unpaired) electrons. The van der Waals surface area contributed by atoms with E-state index in [2.05, 4.69) is 20.5 Å². The third-order valence-corrected chi connectivity index (χ3v) is 4.06. The molecule has 2 N–H and O–H groups in total. The summed E-state index contributed by atoms with van der Waals surface area (Å²) in [7, 11) is 0. The zero-order valence-electron chi connectivity index (χ0n) is 11.1. The van der Waals surface area contributed by atoms with E-state index in [-0.39, 0.29) is 11.7 Å². The van der Waals surface area contributed by atoms with Crippen LogP contribution < -0.4 is 5.32 Å². The molecule has 0 bridgehead atoms. The van der Waals surface area contributed by atoms with Crippen LogP contribution in [0.1, 0.15) is 28.5 Å². The quantitative estimate of drug-likeness (QED) is 0.770. The zero-order valence-corrected chi connectivity index (χ0v) is 12.0. The largest absolute Gasteiger partial charge is 0.476 e. The minimum Gasteiger partial charge on any atom is -0.476 e. The first-order chi connectivity index (χ1) is 10.1. The van der Waals surface area contributed by atoms with Gasteiger partial charge >= 0.3 is 5.97 Å². The fourth-order valence-electron chi connectivity index (χ4n) is 1.99. The molecule has 2 heterocycles. The Hall–Kier alpha value is -2.54. The standard InChI is InChI=1S/C14H12N4O2S/c1-8(13-17-11(7-21-13)14(19)20)16-12-10-5-3-2-4-9(10)6-15-18-12/h2-8H,1H3,(H,16,18)(H,19,20). The molecule has 1 aromatic carbocycles. The monoisotopic (exact) mass is 300 g/mol. The van der Waals surface area contributed by atoms with Crippen molar-refractivity contribution < 1.29 is 9.90 Å². The van der Waals surface area contributed by atoms with E-state index in [0.29, 0.717) is 10.8 Å². The third-order valence-electron chi connectivity index (χ3n) is 3.04. The van der Waals surface area contributed by atoms with Crippen LogP contribution in [-0.2, 0) is 0 Å². The van der Waals surface area contributed by atoms with Crippen molar-refractivity contribution in [1.82, 2.24) is 15.2 Å². The highest BCUT2D eigenvalue weighted by Crippen LogP contribution is 2.25. The lowest BCUT2D eigenvalue weighted by Gasteiger charge is -2.12. The molecular weight excluding hydrogens is 288 g/mol. The van der Waals surface area contributed by atoms with Gasteiger partial charge in [-0.15, -0.1) is 16.4 Å². The van der Waals surface area contributed by atoms with Gasteiger partial charge in [-0.05, 0) is 6.92 Å². The summed E-state index contributed by atoms with van der Waals surface area (Å²) in [6.07, 6.45) is 1.71. The Bertz CT molecular complexity index is 797. The topological polar surface area (TPSA) is 88.0 Å². The first-order valence-corrected chi connectivity index (χ1v) is 7.19. The van der Waals surface area contributed by atoms with Gasteiger partial charge in [-0.2, -0.15) is 5.10 Å². The van der Waals surface area contributed by atoms with E-state index in [1.54, 1.807) is 6.20 Å². The van der Waals surface area contributed by atoms with Crippen LogP contribution in [0.15, 0.2) is 35.8 Å². The number of thiazole rings is 1. The van der Waals surface area contributed by atoms with E-state index >= 15 is 0 Å². The van der Waals surface area contributed by atoms with Gasteiger partial charge < -0.3 is 10.4 Å². The molecule has 1 atom stereocenters. The molecule has 2 aromatic heterocycles. The van der Waals surface area contributed by atoms with E-state index in [1.807, 2.05) is 31.2 Å². The summed E-state index contributed by atoms with van der Waals surface area (Å²) < 4.78 is 0. The van der Waals surface area contributed by atoms with E-state index in [0.717, 1.165) is 10.8 Å². The number of carboxylic acids is 1. The van der Waals surface area contributed by atoms with Gasteiger partial charge in [0.05, 0.1) is 12.2 Å². The molecule has 1 unspecified atom stereocenters. The van der Waals surface area contributed by atoms with Gasteiger partial charge in [-0.1, -0.05) is 24.3 Å². The number of benzene rings is 1. The number of anilines is 1. The van der Waals surface area contributed by atoms with Crippen LogP contribution in [-0.4, -0.2) is 26.3 Å². The van der Waals surface area contributed by atoms with Gasteiger partial charge in [-0.25, -0.2) is 9.78 Å². The molecule has 0 saturated carbocycles. The van der Waals surface area contributed by atoms with E-state index < -0.39 is 5.97 Å². The van der Waals surface area contributed by atoms with Crippen molar-refractivity contribution in [2.45, 2.75) is 13.0 Å². The Morgan fingerprint density at radius 1 is 1.38 bits per heavy atom. The molecule has 7 heteroatoms. The molecular formula is C14H12N4O2S. The van der Waals surface area contributed by atoms with Crippen LogP contribution in [0.3, 0.4) is 0 Å². The van der Waals surface area contributed by atoms with Crippen LogP contribution >= 0.6 is 11.3 Å². The van der Waals surface area contributed by atoms with Gasteiger partial charge in [0.1, 0.15) is 5.01 Å². The number of hydrogen-bond donors (Lipinski definition) is 2. The Labute approximate surface area is 124 Å². The highest BCUT2D eigenvalue weighted by Gasteiger charge is 2.15. The highest BCUT2D eigenvalue weighted by molar-refractivity contribution is 7.09. The molecule has 106 valence electrons. The molecule has 3 aromatic rings. The predicted octanol–water partition coefficient (Wildman–Crippen LogP) is 2.96. The number of nitrogens with one attached hydrogen (secondary N) is 1. The number of carboxylic acid groups (broad SMARTS) is 1. The van der Waals surface area contributed by atoms with Crippen molar-refractivity contribution in [2.75, 3.05) is 5.32 Å². The van der Waals surface area contributed by atoms with Crippen molar-refractivity contribution >= 4 is 33.9 Å². The van der Waals surface area contributed by atoms with Crippen molar-refractivity contribution in [1.29, 1.82) is 0 Å². The Morgan fingerprint density at radius 2 is 2.19 bits per heavy atom. The molecule has 0 spiro atoms. The van der Waals surface area contributed by atoms with Crippen molar-refractivity contribution in [2.24, 2.45) is 0 Å². The number of fused-ring (bicyclic) bond motifs is 1. The highest BCUT2D eigenvalue weighted by atomic mass is 32.1. The maximum atomic E-state index is 10.9. The van der Waals surface area contributed by atoms with Crippen LogP contribution in [0.4, 0.5) is 5.82 Å². The second kappa shape index (κ2) is 5.45. The summed E-state index contributed by atoms with van der Waals surface area (Å²) >= 11 is 1.31. The predicted molar refractivity (Wildman–Crippen MR) is 80.6 cm³/mol. The van der Waals surface area contributed by atoms with Crippen molar-refractivity contribution in [3.05, 3.63) is 46.5 Å². The van der Waals surface area contributed by atoms with E-state index in [9.17, 15) is 4.79 Å². The van der Waals surface area contributed by atoms with Crippen LogP contribution in [0.2, 0.25) is 0 Å². The summed E-state index contributed by atoms with van der Waals surface area (Å²) in [5.41, 5.74) is 0.0626. The first kappa shape index (κ1) is 13.4. The van der Waals surface area contributed by atoms with Gasteiger partial charge in [0.15, 0.2) is 11.5 Å². The van der Waals surface area contributed by atoms with E-state index in [1.165, 1.54) is 16.7 Å². The van der Waals surface area contributed by atoms with Crippen LogP contribution in [0.5, 0.6) is 0 Å². The first-order valence-electron chi connectivity index (χ1n) is 6.31. The molecule has 0 amide bonds. The van der Waals surface area contributed by atoms with Crippen molar-refractivity contribution in [3.8, 4) is 0 Å². The molecule has 3 rings (SSSR count). The number of aromatic carboxylic acids is 1. The van der Waals surface area contributed by atoms with Gasteiger partial charge in [-0.3, -0.25) is 0 Å². The molecule has 21 heavy (non-hydrogen) atoms. The Morgan fingerprint density at radius 3 is 2.95 bits per heavy atom. The van der Waals surface area contributed by atoms with Crippen molar-refractivity contribution in [3.63, 3.8) is 0 Å². The Kier molecular flexibility index (Phi) is 3.49. The molecule has 0 saturated heterocycles. The number of carbonyl (C=O) groups is 1. The summed E-state index contributed by atoms with van der Waals surface area (Å²) in [5.74, 6) is -0.359. The fourth-order valence-corrected chi connectivity index (χ4v) is 2.79. The van der Waals surface area contributed by atoms with Gasteiger partial charge in [0.25, 0.3) is 0 Å². The minimum absolute atomic E-state index is 0.0626. The summed E-state index contributed by atoms with van der Waals surface area (Å²) in [6.45, 7) is 1.91. The smallest absolute Gasteiger partial charge is 0.355 e. The molecule has 0 aliphatic carbocycles.